The van der Waals surface area contributed by atoms with Gasteiger partial charge in [0.1, 0.15) is 6.04 Å². The summed E-state index contributed by atoms with van der Waals surface area (Å²) in [5.41, 5.74) is 4.56. The highest BCUT2D eigenvalue weighted by Crippen LogP contribution is 2.27. The summed E-state index contributed by atoms with van der Waals surface area (Å²) >= 11 is 1.60. The predicted molar refractivity (Wildman–Crippen MR) is 126 cm³/mol. The number of aromatic nitrogens is 3. The van der Waals surface area contributed by atoms with E-state index in [4.69, 9.17) is 0 Å². The van der Waals surface area contributed by atoms with Gasteiger partial charge in [-0.1, -0.05) is 42.5 Å². The first-order valence-electron chi connectivity index (χ1n) is 10.4. The summed E-state index contributed by atoms with van der Waals surface area (Å²) in [7, 11) is 1.88. The molecule has 1 atom stereocenters. The summed E-state index contributed by atoms with van der Waals surface area (Å²) < 4.78 is 1.76. The monoisotopic (exact) mass is 445 g/mol. The first-order valence-corrected chi connectivity index (χ1v) is 11.6. The Kier molecular flexibility index (Phi) is 5.45. The van der Waals surface area contributed by atoms with Crippen LogP contribution < -0.4 is 5.32 Å². The van der Waals surface area contributed by atoms with E-state index < -0.39 is 6.04 Å². The van der Waals surface area contributed by atoms with Gasteiger partial charge < -0.3 is 15.2 Å². The number of thioether (sulfide) groups is 1. The second-order valence-electron chi connectivity index (χ2n) is 7.82. The number of carbonyl (C=O) groups excluding carboxylic acids is 2. The van der Waals surface area contributed by atoms with Crippen LogP contribution in [-0.2, 0) is 18.4 Å². The number of hydrogen-bond donors (Lipinski definition) is 2. The van der Waals surface area contributed by atoms with Crippen LogP contribution >= 0.6 is 11.8 Å². The van der Waals surface area contributed by atoms with Gasteiger partial charge in [0.15, 0.2) is 0 Å². The van der Waals surface area contributed by atoms with Crippen molar-refractivity contribution < 1.29 is 9.59 Å². The van der Waals surface area contributed by atoms with Gasteiger partial charge >= 0.3 is 0 Å². The number of hydrogen-bond acceptors (Lipinski definition) is 4. The highest BCUT2D eigenvalue weighted by atomic mass is 32.2. The lowest BCUT2D eigenvalue weighted by atomic mass is 10.0. The average molecular weight is 446 g/mol. The van der Waals surface area contributed by atoms with Crippen molar-refractivity contribution in [2.75, 3.05) is 11.6 Å². The normalized spacial score (nSPS) is 15.9. The van der Waals surface area contributed by atoms with Gasteiger partial charge in [0.2, 0.25) is 5.91 Å². The highest BCUT2D eigenvalue weighted by Gasteiger charge is 2.35. The first-order chi connectivity index (χ1) is 15.6. The zero-order valence-corrected chi connectivity index (χ0v) is 18.4. The van der Waals surface area contributed by atoms with Crippen LogP contribution in [0.3, 0.4) is 0 Å². The molecule has 0 aliphatic carbocycles. The maximum absolute atomic E-state index is 13.3. The number of para-hydroxylation sites is 1. The molecule has 32 heavy (non-hydrogen) atoms. The molecule has 7 nitrogen and oxygen atoms in total. The number of nitrogens with zero attached hydrogens (tertiary/aromatic N) is 3. The Morgan fingerprint density at radius 2 is 2.00 bits per heavy atom. The third-order valence-electron chi connectivity index (χ3n) is 5.75. The second-order valence-corrected chi connectivity index (χ2v) is 8.82. The van der Waals surface area contributed by atoms with Gasteiger partial charge in [-0.05, 0) is 17.2 Å². The number of nitrogens with one attached hydrogen (secondary N) is 2. The van der Waals surface area contributed by atoms with Gasteiger partial charge in [0.05, 0.1) is 17.6 Å². The summed E-state index contributed by atoms with van der Waals surface area (Å²) in [4.78, 5) is 31.1. The molecule has 2 N–H and O–H groups in total. The van der Waals surface area contributed by atoms with Gasteiger partial charge in [-0.25, -0.2) is 0 Å². The van der Waals surface area contributed by atoms with Crippen LogP contribution in [0.5, 0.6) is 0 Å². The Labute approximate surface area is 189 Å². The van der Waals surface area contributed by atoms with Crippen LogP contribution in [0.1, 0.15) is 15.9 Å². The van der Waals surface area contributed by atoms with E-state index in [1.165, 1.54) is 0 Å². The number of fused-ring (bicyclic) bond motifs is 1. The maximum atomic E-state index is 13.3. The summed E-state index contributed by atoms with van der Waals surface area (Å²) in [6, 6.07) is 15.2. The largest absolute Gasteiger partial charge is 0.360 e. The number of aryl methyl sites for hydroxylation is 1. The Morgan fingerprint density at radius 3 is 2.84 bits per heavy atom. The summed E-state index contributed by atoms with van der Waals surface area (Å²) in [6.07, 6.45) is 5.50. The quantitative estimate of drug-likeness (QED) is 0.493. The molecular formula is C24H23N5O2S. The van der Waals surface area contributed by atoms with Crippen molar-refractivity contribution >= 4 is 34.5 Å². The summed E-state index contributed by atoms with van der Waals surface area (Å²) in [6.45, 7) is 0.389. The van der Waals surface area contributed by atoms with Gasteiger partial charge in [-0.2, -0.15) is 5.10 Å². The van der Waals surface area contributed by atoms with E-state index in [1.807, 2.05) is 68.0 Å². The Hall–Kier alpha value is -3.52. The molecular weight excluding hydrogens is 422 g/mol. The van der Waals surface area contributed by atoms with Crippen molar-refractivity contribution in [3.63, 3.8) is 0 Å². The van der Waals surface area contributed by atoms with E-state index in [9.17, 15) is 9.59 Å². The molecule has 0 radical (unpaired) electrons. The number of H-pyrrole nitrogens is 1. The zero-order chi connectivity index (χ0) is 22.1. The molecule has 1 fully saturated rings. The minimum atomic E-state index is -0.494. The molecule has 2 aromatic heterocycles. The van der Waals surface area contributed by atoms with Crippen LogP contribution in [-0.4, -0.2) is 49.2 Å². The molecule has 3 heterocycles. The lowest BCUT2D eigenvalue weighted by Gasteiger charge is -2.23. The second kappa shape index (κ2) is 8.55. The number of benzene rings is 2. The lowest BCUT2D eigenvalue weighted by Crippen LogP contribution is -2.47. The minimum absolute atomic E-state index is 0.122. The molecule has 2 aromatic carbocycles. The van der Waals surface area contributed by atoms with E-state index in [1.54, 1.807) is 27.5 Å². The first kappa shape index (κ1) is 20.4. The molecule has 162 valence electrons. The maximum Gasteiger partial charge on any atom is 0.257 e. The lowest BCUT2D eigenvalue weighted by molar-refractivity contribution is -0.124. The topological polar surface area (TPSA) is 83.0 Å². The molecule has 0 saturated carbocycles. The van der Waals surface area contributed by atoms with Crippen LogP contribution in [0.15, 0.2) is 67.1 Å². The third kappa shape index (κ3) is 3.78. The molecule has 8 heteroatoms. The smallest absolute Gasteiger partial charge is 0.257 e. The van der Waals surface area contributed by atoms with Crippen LogP contribution in [0.4, 0.5) is 0 Å². The van der Waals surface area contributed by atoms with Crippen molar-refractivity contribution in [1.82, 2.24) is 25.0 Å². The van der Waals surface area contributed by atoms with Crippen molar-refractivity contribution in [2.45, 2.75) is 12.6 Å². The van der Waals surface area contributed by atoms with Crippen LogP contribution in [0.25, 0.3) is 22.0 Å². The molecule has 1 aliphatic rings. The van der Waals surface area contributed by atoms with Gasteiger partial charge in [-0.3, -0.25) is 14.3 Å². The Bertz CT molecular complexity index is 1290. The number of carbonyl (C=O) groups is 2. The van der Waals surface area contributed by atoms with E-state index >= 15 is 0 Å². The average Bonchev–Trinajstić information content (AvgIpc) is 3.56. The fraction of sp³-hybridized carbons (Fsp3) is 0.208. The van der Waals surface area contributed by atoms with Gasteiger partial charge in [-0.15, -0.1) is 11.8 Å². The molecule has 5 rings (SSSR count). The van der Waals surface area contributed by atoms with Crippen LogP contribution in [0.2, 0.25) is 0 Å². The molecule has 0 bridgehead atoms. The highest BCUT2D eigenvalue weighted by molar-refractivity contribution is 7.99. The van der Waals surface area contributed by atoms with E-state index in [0.717, 1.165) is 27.6 Å². The molecule has 0 spiro atoms. The number of amides is 2. The van der Waals surface area contributed by atoms with Crippen molar-refractivity contribution in [1.29, 1.82) is 0 Å². The van der Waals surface area contributed by atoms with Crippen LogP contribution in [0, 0.1) is 0 Å². The summed E-state index contributed by atoms with van der Waals surface area (Å²) in [5.74, 6) is 0.833. The molecule has 1 saturated heterocycles. The predicted octanol–water partition coefficient (Wildman–Crippen LogP) is 3.40. The van der Waals surface area contributed by atoms with Crippen molar-refractivity contribution in [2.24, 2.45) is 7.05 Å². The molecule has 4 aromatic rings. The number of aromatic amines is 1. The van der Waals surface area contributed by atoms with E-state index in [2.05, 4.69) is 15.4 Å². The number of rotatable bonds is 5. The fourth-order valence-corrected chi connectivity index (χ4v) is 5.23. The Balaban J connectivity index is 1.31. The minimum Gasteiger partial charge on any atom is -0.360 e. The molecule has 2 amide bonds. The summed E-state index contributed by atoms with van der Waals surface area (Å²) in [5, 5.41) is 8.17. The standard InChI is InChI=1S/C24H23N5O2S/c1-28-13-17(11-27-28)18-7-3-2-6-16(18)10-26-23(30)22-14-32-15-29(22)24(31)20-12-25-21-9-5-4-8-19(20)21/h2-9,11-13,22,25H,10,14-15H2,1H3,(H,26,30)/t22-/m0/s1. The SMILES string of the molecule is Cn1cc(-c2ccccc2CNC(=O)[C@@H]2CSCN2C(=O)c2c[nH]c3ccccc23)cn1. The van der Waals surface area contributed by atoms with E-state index in [0.29, 0.717) is 23.7 Å². The Morgan fingerprint density at radius 1 is 1.19 bits per heavy atom. The van der Waals surface area contributed by atoms with Gasteiger partial charge in [0.25, 0.3) is 5.91 Å². The van der Waals surface area contributed by atoms with Crippen molar-refractivity contribution in [3.05, 3.63) is 78.2 Å². The van der Waals surface area contributed by atoms with Gasteiger partial charge in [0, 0.05) is 48.2 Å². The van der Waals surface area contributed by atoms with Crippen molar-refractivity contribution in [3.8, 4) is 11.1 Å². The van der Waals surface area contributed by atoms with E-state index in [-0.39, 0.29) is 11.8 Å². The molecule has 1 aliphatic heterocycles. The molecule has 0 unspecified atom stereocenters. The fourth-order valence-electron chi connectivity index (χ4n) is 4.08. The zero-order valence-electron chi connectivity index (χ0n) is 17.6. The third-order valence-corrected chi connectivity index (χ3v) is 6.76.